The Labute approximate surface area is 201 Å². The van der Waals surface area contributed by atoms with Crippen molar-refractivity contribution in [3.8, 4) is 23.1 Å². The van der Waals surface area contributed by atoms with E-state index in [-0.39, 0.29) is 30.0 Å². The average molecular weight is 479 g/mol. The maximum absolute atomic E-state index is 12.9. The zero-order valence-corrected chi connectivity index (χ0v) is 19.9. The summed E-state index contributed by atoms with van der Waals surface area (Å²) >= 11 is 0. The molecule has 10 nitrogen and oxygen atoms in total. The Morgan fingerprint density at radius 3 is 2.57 bits per heavy atom. The van der Waals surface area contributed by atoms with Crippen LogP contribution in [0, 0.1) is 6.92 Å². The minimum Gasteiger partial charge on any atom is -0.497 e. The van der Waals surface area contributed by atoms with E-state index in [4.69, 9.17) is 9.47 Å². The first-order valence-electron chi connectivity index (χ1n) is 11.1. The summed E-state index contributed by atoms with van der Waals surface area (Å²) in [7, 11) is 3.05. The highest BCUT2D eigenvalue weighted by Crippen LogP contribution is 2.39. The molecule has 0 spiro atoms. The minimum atomic E-state index is -0.790. The van der Waals surface area contributed by atoms with E-state index >= 15 is 0 Å². The van der Waals surface area contributed by atoms with Crippen LogP contribution in [-0.4, -0.2) is 45.5 Å². The van der Waals surface area contributed by atoms with Gasteiger partial charge in [-0.05, 0) is 30.7 Å². The van der Waals surface area contributed by atoms with Crippen LogP contribution in [0.2, 0.25) is 0 Å². The summed E-state index contributed by atoms with van der Waals surface area (Å²) in [5.41, 5.74) is 0.242. The number of aromatic nitrogens is 2. The van der Waals surface area contributed by atoms with Gasteiger partial charge < -0.3 is 14.6 Å². The number of benzene rings is 2. The standard InChI is InChI=1S/C25H26N4O6/c1-5-21(30)29-19(16-11-10-15(34-3)12-20(16)35-4)13-17(27-29)22-23(31)26-25(33)28(24(22)32)18-9-7-6-8-14(18)2/h6-12,19,32H,5,13H2,1-4H3,(H,26,31,33). The number of aromatic hydroxyl groups is 1. The van der Waals surface area contributed by atoms with E-state index in [1.54, 1.807) is 56.3 Å². The normalized spacial score (nSPS) is 15.1. The van der Waals surface area contributed by atoms with E-state index in [0.717, 1.165) is 10.1 Å². The molecule has 0 aliphatic carbocycles. The zero-order valence-electron chi connectivity index (χ0n) is 19.9. The number of rotatable bonds is 6. The lowest BCUT2D eigenvalue weighted by atomic mass is 9.98. The molecule has 1 unspecified atom stereocenters. The summed E-state index contributed by atoms with van der Waals surface area (Å²) in [5, 5.41) is 16.8. The molecule has 4 rings (SSSR count). The third kappa shape index (κ3) is 4.18. The van der Waals surface area contributed by atoms with Crippen molar-refractivity contribution in [2.45, 2.75) is 32.7 Å². The van der Waals surface area contributed by atoms with Gasteiger partial charge in [-0.3, -0.25) is 14.6 Å². The molecule has 10 heteroatoms. The van der Waals surface area contributed by atoms with Gasteiger partial charge in [0.05, 0.1) is 31.7 Å². The van der Waals surface area contributed by atoms with Crippen LogP contribution >= 0.6 is 0 Å². The van der Waals surface area contributed by atoms with E-state index in [1.165, 1.54) is 19.2 Å². The molecule has 1 aliphatic heterocycles. The number of aromatic amines is 1. The Morgan fingerprint density at radius 2 is 1.91 bits per heavy atom. The predicted octanol–water partition coefficient (Wildman–Crippen LogP) is 2.64. The van der Waals surface area contributed by atoms with Crippen molar-refractivity contribution in [2.24, 2.45) is 5.10 Å². The lowest BCUT2D eigenvalue weighted by molar-refractivity contribution is -0.132. The van der Waals surface area contributed by atoms with Crippen LogP contribution in [0.1, 0.15) is 42.5 Å². The average Bonchev–Trinajstić information content (AvgIpc) is 3.28. The van der Waals surface area contributed by atoms with Crippen molar-refractivity contribution < 1.29 is 19.4 Å². The molecular weight excluding hydrogens is 452 g/mol. The third-order valence-corrected chi connectivity index (χ3v) is 6.00. The number of hydrogen-bond acceptors (Lipinski definition) is 7. The number of amides is 1. The van der Waals surface area contributed by atoms with Crippen LogP contribution in [0.3, 0.4) is 0 Å². The summed E-state index contributed by atoms with van der Waals surface area (Å²) in [6.45, 7) is 3.49. The molecule has 2 aromatic carbocycles. The first kappa shape index (κ1) is 23.8. The van der Waals surface area contributed by atoms with Gasteiger partial charge in [0, 0.05) is 24.5 Å². The smallest absolute Gasteiger partial charge is 0.335 e. The van der Waals surface area contributed by atoms with Crippen molar-refractivity contribution in [1.29, 1.82) is 0 Å². The van der Waals surface area contributed by atoms with Gasteiger partial charge in [-0.2, -0.15) is 5.10 Å². The van der Waals surface area contributed by atoms with E-state index in [1.807, 2.05) is 0 Å². The quantitative estimate of drug-likeness (QED) is 0.561. The van der Waals surface area contributed by atoms with Gasteiger partial charge in [0.2, 0.25) is 11.8 Å². The van der Waals surface area contributed by atoms with Crippen molar-refractivity contribution >= 4 is 11.6 Å². The molecule has 0 saturated carbocycles. The Morgan fingerprint density at radius 1 is 1.17 bits per heavy atom. The van der Waals surface area contributed by atoms with Crippen LogP contribution in [0.15, 0.2) is 57.2 Å². The summed E-state index contributed by atoms with van der Waals surface area (Å²) in [4.78, 5) is 40.6. The molecular formula is C25H26N4O6. The molecule has 1 amide bonds. The molecule has 1 atom stereocenters. The fourth-order valence-corrected chi connectivity index (χ4v) is 4.21. The second-order valence-corrected chi connectivity index (χ2v) is 8.05. The molecule has 2 N–H and O–H groups in total. The highest BCUT2D eigenvalue weighted by molar-refractivity contribution is 6.04. The fraction of sp³-hybridized carbons (Fsp3) is 0.280. The molecule has 3 aromatic rings. The van der Waals surface area contributed by atoms with Crippen molar-refractivity contribution in [1.82, 2.24) is 14.6 Å². The lowest BCUT2D eigenvalue weighted by Gasteiger charge is -2.23. The van der Waals surface area contributed by atoms with Gasteiger partial charge in [0.15, 0.2) is 0 Å². The Hall–Kier alpha value is -4.34. The molecule has 0 saturated heterocycles. The molecule has 1 aromatic heterocycles. The monoisotopic (exact) mass is 478 g/mol. The van der Waals surface area contributed by atoms with Gasteiger partial charge in [-0.25, -0.2) is 14.4 Å². The second-order valence-electron chi connectivity index (χ2n) is 8.05. The SMILES string of the molecule is CCC(=O)N1N=C(c2c(O)n(-c3ccccc3C)c(=O)[nH]c2=O)CC1c1ccc(OC)cc1OC. The van der Waals surface area contributed by atoms with E-state index in [9.17, 15) is 19.5 Å². The number of ether oxygens (including phenoxy) is 2. The van der Waals surface area contributed by atoms with E-state index < -0.39 is 23.2 Å². The molecule has 1 aliphatic rings. The fourth-order valence-electron chi connectivity index (χ4n) is 4.21. The van der Waals surface area contributed by atoms with Gasteiger partial charge in [-0.15, -0.1) is 0 Å². The number of hydrazone groups is 1. The highest BCUT2D eigenvalue weighted by Gasteiger charge is 2.36. The number of H-pyrrole nitrogens is 1. The van der Waals surface area contributed by atoms with Crippen molar-refractivity contribution in [3.05, 3.63) is 80.0 Å². The maximum Gasteiger partial charge on any atom is 0.335 e. The molecule has 0 radical (unpaired) electrons. The largest absolute Gasteiger partial charge is 0.497 e. The Bertz CT molecular complexity index is 1440. The summed E-state index contributed by atoms with van der Waals surface area (Å²) < 4.78 is 11.8. The van der Waals surface area contributed by atoms with Crippen LogP contribution < -0.4 is 20.7 Å². The third-order valence-electron chi connectivity index (χ3n) is 6.00. The minimum absolute atomic E-state index is 0.122. The number of nitrogens with zero attached hydrogens (tertiary/aromatic N) is 3. The number of nitrogens with one attached hydrogen (secondary N) is 1. The molecule has 182 valence electrons. The number of aryl methyl sites for hydroxylation is 1. The topological polar surface area (TPSA) is 126 Å². The number of carbonyl (C=O) groups is 1. The number of hydrogen-bond donors (Lipinski definition) is 2. The summed E-state index contributed by atoms with van der Waals surface area (Å²) in [6, 6.07) is 11.6. The van der Waals surface area contributed by atoms with Crippen LogP contribution in [0.5, 0.6) is 17.4 Å². The highest BCUT2D eigenvalue weighted by atomic mass is 16.5. The maximum atomic E-state index is 12.9. The van der Waals surface area contributed by atoms with Gasteiger partial charge in [0.1, 0.15) is 17.1 Å². The predicted molar refractivity (Wildman–Crippen MR) is 130 cm³/mol. The second kappa shape index (κ2) is 9.49. The summed E-state index contributed by atoms with van der Waals surface area (Å²) in [6.07, 6.45) is 0.299. The molecule has 35 heavy (non-hydrogen) atoms. The van der Waals surface area contributed by atoms with Crippen LogP contribution in [-0.2, 0) is 4.79 Å². The Balaban J connectivity index is 1.87. The molecule has 2 heterocycles. The first-order valence-corrected chi connectivity index (χ1v) is 11.1. The Kier molecular flexibility index (Phi) is 6.46. The number of para-hydroxylation sites is 1. The molecule has 0 fully saturated rings. The van der Waals surface area contributed by atoms with Crippen LogP contribution in [0.4, 0.5) is 0 Å². The summed E-state index contributed by atoms with van der Waals surface area (Å²) in [5.74, 6) is 0.254. The van der Waals surface area contributed by atoms with Gasteiger partial charge >= 0.3 is 5.69 Å². The van der Waals surface area contributed by atoms with Crippen LogP contribution in [0.25, 0.3) is 5.69 Å². The molecule has 0 bridgehead atoms. The zero-order chi connectivity index (χ0) is 25.3. The lowest BCUT2D eigenvalue weighted by Crippen LogP contribution is -2.33. The van der Waals surface area contributed by atoms with E-state index in [2.05, 4.69) is 10.1 Å². The van der Waals surface area contributed by atoms with Crippen molar-refractivity contribution in [2.75, 3.05) is 14.2 Å². The van der Waals surface area contributed by atoms with Crippen molar-refractivity contribution in [3.63, 3.8) is 0 Å². The first-order chi connectivity index (χ1) is 16.8. The van der Waals surface area contributed by atoms with Gasteiger partial charge in [-0.1, -0.05) is 25.1 Å². The number of carbonyl (C=O) groups excluding carboxylic acids is 1. The van der Waals surface area contributed by atoms with E-state index in [0.29, 0.717) is 22.7 Å². The van der Waals surface area contributed by atoms with Gasteiger partial charge in [0.25, 0.3) is 5.56 Å². The number of methoxy groups -OCH3 is 2.